The maximum Gasteiger partial charge on any atom is 0.193 e. The van der Waals surface area contributed by atoms with Gasteiger partial charge in [-0.25, -0.2) is 0 Å². The van der Waals surface area contributed by atoms with Crippen molar-refractivity contribution in [1.29, 1.82) is 0 Å². The van der Waals surface area contributed by atoms with Gasteiger partial charge in [0.2, 0.25) is 0 Å². The molecule has 0 aliphatic heterocycles. The average molecular weight is 518 g/mol. The molecular formula is C20H29ClIN5O. The van der Waals surface area contributed by atoms with Gasteiger partial charge in [-0.05, 0) is 42.5 Å². The van der Waals surface area contributed by atoms with Crippen LogP contribution in [0.25, 0.3) is 0 Å². The Kier molecular flexibility index (Phi) is 9.53. The summed E-state index contributed by atoms with van der Waals surface area (Å²) in [7, 11) is 3.83. The zero-order valence-corrected chi connectivity index (χ0v) is 19.5. The molecular weight excluding hydrogens is 489 g/mol. The summed E-state index contributed by atoms with van der Waals surface area (Å²) in [6.07, 6.45) is 6.40. The minimum Gasteiger partial charge on any atom is -0.379 e. The van der Waals surface area contributed by atoms with Crippen molar-refractivity contribution in [2.24, 2.45) is 10.9 Å². The van der Waals surface area contributed by atoms with Gasteiger partial charge in [0, 0.05) is 51.2 Å². The van der Waals surface area contributed by atoms with E-state index in [2.05, 4.69) is 20.3 Å². The van der Waals surface area contributed by atoms with Crippen LogP contribution in [0.4, 0.5) is 0 Å². The number of nitrogens with zero attached hydrogens (tertiary/aromatic N) is 4. The number of halogens is 2. The standard InChI is InChI=1S/C20H28ClN5O.HI/c1-22-20(25(2)12-13-27-15-16-4-5-16)23-14-19(26-11-3-10-24-26)17-6-8-18(21)9-7-17;/h3,6-11,16,19H,4-5,12-15H2,1-2H3,(H,22,23);1H. The number of hydrogen-bond acceptors (Lipinski definition) is 3. The van der Waals surface area contributed by atoms with Crippen LogP contribution in [0.15, 0.2) is 47.7 Å². The topological polar surface area (TPSA) is 54.7 Å². The first-order valence-corrected chi connectivity index (χ1v) is 9.79. The van der Waals surface area contributed by atoms with Gasteiger partial charge in [-0.1, -0.05) is 23.7 Å². The highest BCUT2D eigenvalue weighted by Gasteiger charge is 2.21. The molecule has 0 radical (unpaired) electrons. The van der Waals surface area contributed by atoms with E-state index in [0.717, 1.165) is 35.6 Å². The first-order chi connectivity index (χ1) is 13.2. The van der Waals surface area contributed by atoms with E-state index in [1.165, 1.54) is 12.8 Å². The second kappa shape index (κ2) is 11.6. The minimum atomic E-state index is 0. The minimum absolute atomic E-state index is 0. The van der Waals surface area contributed by atoms with Crippen LogP contribution in [0.2, 0.25) is 5.02 Å². The third kappa shape index (κ3) is 6.93. The molecule has 8 heteroatoms. The van der Waals surface area contributed by atoms with Crippen molar-refractivity contribution in [3.63, 3.8) is 0 Å². The lowest BCUT2D eigenvalue weighted by Gasteiger charge is -2.25. The highest BCUT2D eigenvalue weighted by Crippen LogP contribution is 2.28. The van der Waals surface area contributed by atoms with Crippen molar-refractivity contribution < 1.29 is 4.74 Å². The number of likely N-dealkylation sites (N-methyl/N-ethyl adjacent to an activating group) is 1. The molecule has 2 aromatic rings. The van der Waals surface area contributed by atoms with Crippen LogP contribution in [0.5, 0.6) is 0 Å². The molecule has 6 nitrogen and oxygen atoms in total. The van der Waals surface area contributed by atoms with Crippen molar-refractivity contribution in [1.82, 2.24) is 20.0 Å². The largest absolute Gasteiger partial charge is 0.379 e. The number of benzene rings is 1. The van der Waals surface area contributed by atoms with E-state index in [0.29, 0.717) is 13.2 Å². The number of aromatic nitrogens is 2. The number of ether oxygens (including phenoxy) is 1. The van der Waals surface area contributed by atoms with Crippen LogP contribution >= 0.6 is 35.6 Å². The van der Waals surface area contributed by atoms with E-state index < -0.39 is 0 Å². The summed E-state index contributed by atoms with van der Waals surface area (Å²) in [5, 5.41) is 8.61. The Morgan fingerprint density at radius 3 is 2.75 bits per heavy atom. The molecule has 0 bridgehead atoms. The van der Waals surface area contributed by atoms with Crippen LogP contribution in [0.3, 0.4) is 0 Å². The molecule has 1 saturated carbocycles. The zero-order chi connectivity index (χ0) is 19.1. The zero-order valence-electron chi connectivity index (χ0n) is 16.4. The SMILES string of the molecule is CN=C(NCC(c1ccc(Cl)cc1)n1cccn1)N(C)CCOCC1CC1.I. The molecule has 1 aliphatic carbocycles. The van der Waals surface area contributed by atoms with Gasteiger partial charge < -0.3 is 15.0 Å². The van der Waals surface area contributed by atoms with Crippen molar-refractivity contribution in [3.05, 3.63) is 53.3 Å². The summed E-state index contributed by atoms with van der Waals surface area (Å²) < 4.78 is 7.68. The summed E-state index contributed by atoms with van der Waals surface area (Å²) in [6.45, 7) is 3.08. The van der Waals surface area contributed by atoms with Crippen molar-refractivity contribution >= 4 is 41.5 Å². The molecule has 28 heavy (non-hydrogen) atoms. The fourth-order valence-electron chi connectivity index (χ4n) is 2.93. The van der Waals surface area contributed by atoms with Crippen molar-refractivity contribution in [2.75, 3.05) is 40.4 Å². The van der Waals surface area contributed by atoms with Crippen molar-refractivity contribution in [2.45, 2.75) is 18.9 Å². The monoisotopic (exact) mass is 517 g/mol. The highest BCUT2D eigenvalue weighted by molar-refractivity contribution is 14.0. The van der Waals surface area contributed by atoms with Gasteiger partial charge in [-0.3, -0.25) is 9.67 Å². The maximum absolute atomic E-state index is 6.04. The summed E-state index contributed by atoms with van der Waals surface area (Å²) in [5.74, 6) is 1.64. The van der Waals surface area contributed by atoms with E-state index in [1.807, 2.05) is 48.3 Å². The first-order valence-electron chi connectivity index (χ1n) is 9.41. The number of rotatable bonds is 9. The highest BCUT2D eigenvalue weighted by atomic mass is 127. The molecule has 1 aromatic heterocycles. The van der Waals surface area contributed by atoms with Crippen LogP contribution in [0.1, 0.15) is 24.4 Å². The van der Waals surface area contributed by atoms with E-state index in [4.69, 9.17) is 16.3 Å². The molecule has 1 aromatic carbocycles. The maximum atomic E-state index is 6.04. The number of guanidine groups is 1. The number of hydrogen-bond donors (Lipinski definition) is 1. The molecule has 1 aliphatic rings. The number of aliphatic imine (C=N–C) groups is 1. The van der Waals surface area contributed by atoms with Crippen LogP contribution in [-0.4, -0.2) is 61.0 Å². The Hall–Kier alpha value is -1.32. The Balaban J connectivity index is 0.00000280. The summed E-state index contributed by atoms with van der Waals surface area (Å²) in [5.41, 5.74) is 1.14. The average Bonchev–Trinajstić information content (AvgIpc) is 3.35. The van der Waals surface area contributed by atoms with Crippen LogP contribution in [-0.2, 0) is 4.74 Å². The molecule has 0 saturated heterocycles. The van der Waals surface area contributed by atoms with E-state index in [1.54, 1.807) is 13.2 Å². The third-order valence-electron chi connectivity index (χ3n) is 4.75. The van der Waals surface area contributed by atoms with Crippen LogP contribution in [0, 0.1) is 5.92 Å². The lowest BCUT2D eigenvalue weighted by Crippen LogP contribution is -2.43. The van der Waals surface area contributed by atoms with Gasteiger partial charge in [0.1, 0.15) is 0 Å². The molecule has 1 unspecified atom stereocenters. The van der Waals surface area contributed by atoms with E-state index >= 15 is 0 Å². The molecule has 154 valence electrons. The number of nitrogens with one attached hydrogen (secondary N) is 1. The molecule has 0 amide bonds. The Bertz CT molecular complexity index is 719. The first kappa shape index (κ1) is 23.0. The van der Waals surface area contributed by atoms with Crippen LogP contribution < -0.4 is 5.32 Å². The normalized spacial score (nSPS) is 15.0. The Morgan fingerprint density at radius 1 is 1.39 bits per heavy atom. The predicted molar refractivity (Wildman–Crippen MR) is 125 cm³/mol. The second-order valence-electron chi connectivity index (χ2n) is 6.92. The van der Waals surface area contributed by atoms with Gasteiger partial charge in [-0.15, -0.1) is 24.0 Å². The Morgan fingerprint density at radius 2 is 2.14 bits per heavy atom. The molecule has 1 fully saturated rings. The predicted octanol–water partition coefficient (Wildman–Crippen LogP) is 3.68. The smallest absolute Gasteiger partial charge is 0.193 e. The van der Waals surface area contributed by atoms with Gasteiger partial charge in [0.05, 0.1) is 12.6 Å². The van der Waals surface area contributed by atoms with Crippen molar-refractivity contribution in [3.8, 4) is 0 Å². The molecule has 1 heterocycles. The Labute approximate surface area is 189 Å². The molecule has 3 rings (SSSR count). The van der Waals surface area contributed by atoms with Gasteiger partial charge in [0.25, 0.3) is 0 Å². The fourth-order valence-corrected chi connectivity index (χ4v) is 3.05. The van der Waals surface area contributed by atoms with Gasteiger partial charge in [0.15, 0.2) is 5.96 Å². The molecule has 0 spiro atoms. The van der Waals surface area contributed by atoms with E-state index in [-0.39, 0.29) is 30.0 Å². The summed E-state index contributed by atoms with van der Waals surface area (Å²) in [6, 6.07) is 9.87. The lowest BCUT2D eigenvalue weighted by atomic mass is 10.1. The van der Waals surface area contributed by atoms with E-state index in [9.17, 15) is 0 Å². The summed E-state index contributed by atoms with van der Waals surface area (Å²) in [4.78, 5) is 6.49. The van der Waals surface area contributed by atoms with Gasteiger partial charge >= 0.3 is 0 Å². The summed E-state index contributed by atoms with van der Waals surface area (Å²) >= 11 is 6.04. The third-order valence-corrected chi connectivity index (χ3v) is 5.00. The lowest BCUT2D eigenvalue weighted by molar-refractivity contribution is 0.115. The molecule has 1 atom stereocenters. The second-order valence-corrected chi connectivity index (χ2v) is 7.36. The van der Waals surface area contributed by atoms with Gasteiger partial charge in [-0.2, -0.15) is 5.10 Å². The quantitative estimate of drug-likeness (QED) is 0.239. The fraction of sp³-hybridized carbons (Fsp3) is 0.500. The molecule has 1 N–H and O–H groups in total.